The first kappa shape index (κ1) is 19.9. The number of aryl methyl sites for hydroxylation is 2. The smallest absolute Gasteiger partial charge is 0.262 e. The molecule has 2 aromatic rings. The topological polar surface area (TPSA) is 87.8 Å². The summed E-state index contributed by atoms with van der Waals surface area (Å²) in [6.45, 7) is 7.29. The number of hydrogen-bond acceptors (Lipinski definition) is 6. The van der Waals surface area contributed by atoms with Crippen LogP contribution in [0.25, 0.3) is 10.2 Å². The molecule has 144 valence electrons. The fraction of sp³-hybridized carbons (Fsp3) is 0.579. The van der Waals surface area contributed by atoms with E-state index in [0.717, 1.165) is 35.0 Å². The van der Waals surface area contributed by atoms with Gasteiger partial charge in [-0.2, -0.15) is 5.26 Å². The maximum absolute atomic E-state index is 12.9. The number of nitrogens with zero attached hydrogens (tertiary/aromatic N) is 3. The first-order chi connectivity index (χ1) is 12.7. The number of nitrogens with one attached hydrogen (secondary N) is 1. The maximum Gasteiger partial charge on any atom is 0.262 e. The van der Waals surface area contributed by atoms with Gasteiger partial charge in [0.2, 0.25) is 5.91 Å². The summed E-state index contributed by atoms with van der Waals surface area (Å²) >= 11 is 2.84. The Hall–Kier alpha value is -1.85. The Morgan fingerprint density at radius 2 is 2.11 bits per heavy atom. The molecule has 1 aliphatic rings. The summed E-state index contributed by atoms with van der Waals surface area (Å²) in [5.74, 6) is -0.253. The van der Waals surface area contributed by atoms with E-state index in [2.05, 4.69) is 16.4 Å². The fourth-order valence-corrected chi connectivity index (χ4v) is 5.26. The molecule has 1 amide bonds. The van der Waals surface area contributed by atoms with Crippen molar-refractivity contribution in [3.63, 3.8) is 0 Å². The minimum absolute atomic E-state index is 0.0176. The Kier molecular flexibility index (Phi) is 5.37. The van der Waals surface area contributed by atoms with Crippen molar-refractivity contribution in [2.45, 2.75) is 62.9 Å². The van der Waals surface area contributed by atoms with Crippen molar-refractivity contribution >= 4 is 39.2 Å². The normalized spacial score (nSPS) is 16.8. The van der Waals surface area contributed by atoms with E-state index in [-0.39, 0.29) is 17.4 Å². The Labute approximate surface area is 167 Å². The number of nitriles is 1. The highest BCUT2D eigenvalue weighted by atomic mass is 32.2. The van der Waals surface area contributed by atoms with Gasteiger partial charge < -0.3 is 5.32 Å². The van der Waals surface area contributed by atoms with Crippen LogP contribution in [0.2, 0.25) is 0 Å². The van der Waals surface area contributed by atoms with Gasteiger partial charge in [0.05, 0.1) is 16.7 Å². The molecule has 3 rings (SSSR count). The van der Waals surface area contributed by atoms with Gasteiger partial charge in [0.25, 0.3) is 5.56 Å². The van der Waals surface area contributed by atoms with Crippen molar-refractivity contribution in [3.05, 3.63) is 20.8 Å². The molecule has 2 heterocycles. The maximum atomic E-state index is 12.9. The molecule has 0 spiro atoms. The Bertz CT molecular complexity index is 1000. The van der Waals surface area contributed by atoms with E-state index < -0.39 is 10.8 Å². The third kappa shape index (κ3) is 3.50. The second-order valence-corrected chi connectivity index (χ2v) is 9.91. The zero-order chi connectivity index (χ0) is 19.9. The number of thioether (sulfide) groups is 1. The first-order valence-corrected chi connectivity index (χ1v) is 10.8. The Balaban J connectivity index is 1.86. The molecular weight excluding hydrogens is 380 g/mol. The van der Waals surface area contributed by atoms with E-state index in [9.17, 15) is 14.9 Å². The molecule has 0 radical (unpaired) electrons. The molecule has 0 bridgehead atoms. The number of carbonyl (C=O) groups is 1. The average Bonchev–Trinajstić information content (AvgIpc) is 3.19. The van der Waals surface area contributed by atoms with E-state index in [1.165, 1.54) is 21.2 Å². The molecule has 0 saturated carbocycles. The van der Waals surface area contributed by atoms with Crippen LogP contribution < -0.4 is 10.9 Å². The summed E-state index contributed by atoms with van der Waals surface area (Å²) in [7, 11) is 1.70. The van der Waals surface area contributed by atoms with Crippen LogP contribution in [-0.4, -0.2) is 26.2 Å². The lowest BCUT2D eigenvalue weighted by Gasteiger charge is -2.28. The highest BCUT2D eigenvalue weighted by molar-refractivity contribution is 8.00. The predicted molar refractivity (Wildman–Crippen MR) is 109 cm³/mol. The van der Waals surface area contributed by atoms with E-state index in [1.54, 1.807) is 32.2 Å². The summed E-state index contributed by atoms with van der Waals surface area (Å²) in [6.07, 6.45) is 3.06. The zero-order valence-corrected chi connectivity index (χ0v) is 17.9. The van der Waals surface area contributed by atoms with Gasteiger partial charge in [-0.05, 0) is 44.6 Å². The molecule has 1 N–H and O–H groups in total. The zero-order valence-electron chi connectivity index (χ0n) is 16.3. The van der Waals surface area contributed by atoms with Gasteiger partial charge in [-0.3, -0.25) is 14.2 Å². The van der Waals surface area contributed by atoms with Crippen molar-refractivity contribution in [2.75, 3.05) is 0 Å². The number of carbonyl (C=O) groups excluding carboxylic acids is 1. The van der Waals surface area contributed by atoms with Crippen molar-refractivity contribution in [1.82, 2.24) is 14.9 Å². The molecule has 2 atom stereocenters. The summed E-state index contributed by atoms with van der Waals surface area (Å²) in [4.78, 5) is 32.2. The Morgan fingerprint density at radius 1 is 1.41 bits per heavy atom. The summed E-state index contributed by atoms with van der Waals surface area (Å²) in [5, 5.41) is 13.0. The predicted octanol–water partition coefficient (Wildman–Crippen LogP) is 3.02. The van der Waals surface area contributed by atoms with E-state index in [1.807, 2.05) is 13.8 Å². The van der Waals surface area contributed by atoms with Gasteiger partial charge in [-0.1, -0.05) is 25.6 Å². The number of fused-ring (bicyclic) bond motifs is 3. The molecule has 6 nitrogen and oxygen atoms in total. The third-order valence-corrected chi connectivity index (χ3v) is 7.66. The van der Waals surface area contributed by atoms with E-state index in [4.69, 9.17) is 0 Å². The molecule has 27 heavy (non-hydrogen) atoms. The van der Waals surface area contributed by atoms with E-state index >= 15 is 0 Å². The Morgan fingerprint density at radius 3 is 2.74 bits per heavy atom. The lowest BCUT2D eigenvalue weighted by Crippen LogP contribution is -2.51. The summed E-state index contributed by atoms with van der Waals surface area (Å²) in [6, 6.07) is 2.18. The van der Waals surface area contributed by atoms with Gasteiger partial charge in [-0.15, -0.1) is 11.3 Å². The largest absolute Gasteiger partial charge is 0.337 e. The molecule has 8 heteroatoms. The lowest BCUT2D eigenvalue weighted by atomic mass is 9.90. The molecule has 0 aromatic carbocycles. The minimum Gasteiger partial charge on any atom is -0.337 e. The van der Waals surface area contributed by atoms with Crippen LogP contribution in [0.5, 0.6) is 0 Å². The molecule has 2 aromatic heterocycles. The molecule has 0 aliphatic heterocycles. The van der Waals surface area contributed by atoms with Crippen LogP contribution in [0.1, 0.15) is 44.6 Å². The van der Waals surface area contributed by atoms with Crippen LogP contribution in [0.4, 0.5) is 0 Å². The standard InChI is InChI=1S/C19H24N4O2S2/c1-10(2)19(4,9-20)22-15(24)11(3)26-18-21-16-14(17(25)23(18)5)12-7-6-8-13(12)27-16/h10-11H,6-8H2,1-5H3,(H,22,24)/t11-,19+/m1/s1. The van der Waals surface area contributed by atoms with Crippen molar-refractivity contribution in [3.8, 4) is 6.07 Å². The van der Waals surface area contributed by atoms with Crippen LogP contribution in [-0.2, 0) is 24.7 Å². The average molecular weight is 405 g/mol. The van der Waals surface area contributed by atoms with Crippen LogP contribution in [0.3, 0.4) is 0 Å². The molecule has 0 unspecified atom stereocenters. The fourth-order valence-electron chi connectivity index (χ4n) is 3.08. The third-order valence-electron chi connectivity index (χ3n) is 5.33. The molecule has 0 fully saturated rings. The second kappa shape index (κ2) is 7.28. The van der Waals surface area contributed by atoms with Crippen LogP contribution >= 0.6 is 23.1 Å². The molecule has 0 saturated heterocycles. The SMILES string of the molecule is CC(C)[C@](C)(C#N)NC(=O)[C@@H](C)Sc1nc2sc3c(c2c(=O)n1C)CCC3. The van der Waals surface area contributed by atoms with Crippen LogP contribution in [0.15, 0.2) is 9.95 Å². The van der Waals surface area contributed by atoms with Gasteiger partial charge >= 0.3 is 0 Å². The van der Waals surface area contributed by atoms with Crippen molar-refractivity contribution < 1.29 is 4.79 Å². The first-order valence-electron chi connectivity index (χ1n) is 9.09. The molecule has 1 aliphatic carbocycles. The van der Waals surface area contributed by atoms with Crippen LogP contribution in [0, 0.1) is 17.2 Å². The van der Waals surface area contributed by atoms with Gasteiger partial charge in [0, 0.05) is 11.9 Å². The number of amides is 1. The summed E-state index contributed by atoms with van der Waals surface area (Å²) in [5.41, 5.74) is 0.190. The number of thiophene rings is 1. The lowest BCUT2D eigenvalue weighted by molar-refractivity contribution is -0.121. The minimum atomic E-state index is -0.927. The monoisotopic (exact) mass is 404 g/mol. The number of hydrogen-bond donors (Lipinski definition) is 1. The highest BCUT2D eigenvalue weighted by Crippen LogP contribution is 2.35. The molecular formula is C19H24N4O2S2. The summed E-state index contributed by atoms with van der Waals surface area (Å²) < 4.78 is 1.54. The van der Waals surface area contributed by atoms with Gasteiger partial charge in [0.1, 0.15) is 10.4 Å². The number of aromatic nitrogens is 2. The van der Waals surface area contributed by atoms with Crippen molar-refractivity contribution in [2.24, 2.45) is 13.0 Å². The quantitative estimate of drug-likeness (QED) is 0.611. The second-order valence-electron chi connectivity index (χ2n) is 7.51. The van der Waals surface area contributed by atoms with Gasteiger partial charge in [-0.25, -0.2) is 4.98 Å². The number of rotatable bonds is 5. The van der Waals surface area contributed by atoms with E-state index in [0.29, 0.717) is 5.16 Å². The highest BCUT2D eigenvalue weighted by Gasteiger charge is 2.32. The van der Waals surface area contributed by atoms with Gasteiger partial charge in [0.15, 0.2) is 5.16 Å². The van der Waals surface area contributed by atoms with Crippen molar-refractivity contribution in [1.29, 1.82) is 5.26 Å².